The van der Waals surface area contributed by atoms with Gasteiger partial charge in [0, 0.05) is 11.3 Å². The van der Waals surface area contributed by atoms with E-state index in [4.69, 9.17) is 9.26 Å². The molecule has 0 bridgehead atoms. The van der Waals surface area contributed by atoms with Gasteiger partial charge in [-0.3, -0.25) is 5.21 Å². The average Bonchev–Trinajstić information content (AvgIpc) is 2.25. The Morgan fingerprint density at radius 3 is 2.53 bits per heavy atom. The Bertz CT molecular complexity index is 469. The van der Waals surface area contributed by atoms with Gasteiger partial charge in [-0.15, -0.1) is 0 Å². The largest absolute Gasteiger partial charge is 0.399 e. The summed E-state index contributed by atoms with van der Waals surface area (Å²) in [4.78, 5) is 5.88. The summed E-state index contributed by atoms with van der Waals surface area (Å²) in [7, 11) is -1.78. The van der Waals surface area contributed by atoms with Crippen molar-refractivity contribution in [3.63, 3.8) is 0 Å². The molecule has 0 saturated carbocycles. The van der Waals surface area contributed by atoms with Crippen molar-refractivity contribution in [1.82, 2.24) is 0 Å². The van der Waals surface area contributed by atoms with Crippen LogP contribution in [0.25, 0.3) is 0 Å². The lowest BCUT2D eigenvalue weighted by Gasteiger charge is -2.40. The Morgan fingerprint density at radius 2 is 1.95 bits per heavy atom. The smallest absolute Gasteiger partial charge is 0.217 e. The van der Waals surface area contributed by atoms with Gasteiger partial charge < -0.3 is 9.26 Å². The predicted molar refractivity (Wildman–Crippen MR) is 77.4 cm³/mol. The summed E-state index contributed by atoms with van der Waals surface area (Å²) in [6.07, 6.45) is 2.21. The quantitative estimate of drug-likeness (QED) is 0.630. The van der Waals surface area contributed by atoms with Crippen LogP contribution in [0.2, 0.25) is 19.6 Å². The second kappa shape index (κ2) is 4.98. The van der Waals surface area contributed by atoms with Crippen LogP contribution in [0.5, 0.6) is 0 Å². The van der Waals surface area contributed by atoms with Crippen LogP contribution in [0.1, 0.15) is 24.8 Å². The third-order valence-corrected chi connectivity index (χ3v) is 3.97. The summed E-state index contributed by atoms with van der Waals surface area (Å²) < 4.78 is 6.04. The molecule has 0 aliphatic carbocycles. The summed E-state index contributed by atoms with van der Waals surface area (Å²) in [5, 5.41) is 11.7. The molecule has 2 rings (SSSR count). The lowest BCUT2D eigenvalue weighted by Crippen LogP contribution is -2.47. The van der Waals surface area contributed by atoms with Crippen molar-refractivity contribution in [3.8, 4) is 0 Å². The van der Waals surface area contributed by atoms with Gasteiger partial charge in [-0.05, 0) is 32.1 Å². The minimum Gasteiger partial charge on any atom is -0.399 e. The summed E-state index contributed by atoms with van der Waals surface area (Å²) in [6, 6.07) is 9.97. The van der Waals surface area contributed by atoms with Gasteiger partial charge in [-0.2, -0.15) is 0 Å². The molecule has 0 spiro atoms. The van der Waals surface area contributed by atoms with E-state index in [1.54, 1.807) is 6.21 Å². The second-order valence-corrected chi connectivity index (χ2v) is 10.5. The first kappa shape index (κ1) is 14.1. The Morgan fingerprint density at radius 1 is 1.32 bits per heavy atom. The maximum atomic E-state index is 11.7. The fourth-order valence-corrected chi connectivity index (χ4v) is 3.89. The van der Waals surface area contributed by atoms with E-state index in [1.165, 1.54) is 0 Å². The normalized spacial score (nSPS) is 27.6. The van der Waals surface area contributed by atoms with E-state index in [-0.39, 0.29) is 5.92 Å². The first-order chi connectivity index (χ1) is 8.77. The number of benzene rings is 1. The molecule has 1 aliphatic rings. The van der Waals surface area contributed by atoms with Crippen molar-refractivity contribution < 1.29 is 14.2 Å². The fraction of sp³-hybridized carbons (Fsp3) is 0.500. The molecular weight excluding hydrogens is 258 g/mol. The molecule has 0 N–H and O–H groups in total. The van der Waals surface area contributed by atoms with Gasteiger partial charge in [0.25, 0.3) is 0 Å². The van der Waals surface area contributed by atoms with Gasteiger partial charge in [0.15, 0.2) is 14.1 Å². The topological polar surface area (TPSA) is 44.5 Å². The van der Waals surface area contributed by atoms with Crippen LogP contribution >= 0.6 is 0 Å². The fourth-order valence-electron chi connectivity index (χ4n) is 2.47. The average molecular weight is 279 g/mol. The molecule has 2 unspecified atom stereocenters. The van der Waals surface area contributed by atoms with Gasteiger partial charge in [0.1, 0.15) is 0 Å². The highest BCUT2D eigenvalue weighted by Gasteiger charge is 2.39. The zero-order chi connectivity index (χ0) is 14.1. The lowest BCUT2D eigenvalue weighted by atomic mass is 9.92. The summed E-state index contributed by atoms with van der Waals surface area (Å²) in [5.74, 6) is -0.824. The molecule has 2 atom stereocenters. The standard InChI is InChI=1S/C14H21NO3Si/c1-14(18-19(2,3)4)10-13(11-15(16)17-14)12-8-6-5-7-9-12/h5-9,11,13H,10H2,1-4H3. The van der Waals surface area contributed by atoms with Crippen molar-refractivity contribution in [2.24, 2.45) is 0 Å². The van der Waals surface area contributed by atoms with Crippen LogP contribution < -0.4 is 0 Å². The zero-order valence-electron chi connectivity index (χ0n) is 11.9. The highest BCUT2D eigenvalue weighted by atomic mass is 28.4. The third-order valence-electron chi connectivity index (χ3n) is 2.93. The van der Waals surface area contributed by atoms with Crippen molar-refractivity contribution in [1.29, 1.82) is 0 Å². The van der Waals surface area contributed by atoms with Gasteiger partial charge in [0.05, 0.1) is 5.92 Å². The zero-order valence-corrected chi connectivity index (χ0v) is 12.9. The Labute approximate surface area is 115 Å². The van der Waals surface area contributed by atoms with Crippen molar-refractivity contribution in [2.45, 2.75) is 44.7 Å². The molecule has 0 saturated heterocycles. The highest BCUT2D eigenvalue weighted by Crippen LogP contribution is 2.33. The van der Waals surface area contributed by atoms with Gasteiger partial charge in [-0.25, -0.2) is 0 Å². The number of hydrogen-bond acceptors (Lipinski definition) is 3. The van der Waals surface area contributed by atoms with E-state index < -0.39 is 14.1 Å². The van der Waals surface area contributed by atoms with E-state index >= 15 is 0 Å². The number of nitrogens with zero attached hydrogens (tertiary/aromatic N) is 1. The van der Waals surface area contributed by atoms with Gasteiger partial charge in [-0.1, -0.05) is 30.3 Å². The van der Waals surface area contributed by atoms with E-state index in [1.807, 2.05) is 37.3 Å². The van der Waals surface area contributed by atoms with E-state index in [0.29, 0.717) is 11.3 Å². The molecule has 0 radical (unpaired) electrons. The minimum absolute atomic E-state index is 0.0220. The molecule has 0 aromatic heterocycles. The Balaban J connectivity index is 2.23. The van der Waals surface area contributed by atoms with Crippen LogP contribution in [0.4, 0.5) is 0 Å². The second-order valence-electron chi connectivity index (χ2n) is 6.10. The van der Waals surface area contributed by atoms with Crippen LogP contribution in [0, 0.1) is 5.21 Å². The van der Waals surface area contributed by atoms with Crippen LogP contribution in [-0.4, -0.2) is 25.2 Å². The Hall–Kier alpha value is -1.33. The maximum Gasteiger partial charge on any atom is 0.217 e. The molecular formula is C14H21NO3Si. The molecule has 5 heteroatoms. The maximum absolute atomic E-state index is 11.7. The van der Waals surface area contributed by atoms with Crippen molar-refractivity contribution in [2.75, 3.05) is 0 Å². The monoisotopic (exact) mass is 279 g/mol. The first-order valence-corrected chi connectivity index (χ1v) is 9.94. The molecule has 1 heterocycles. The van der Waals surface area contributed by atoms with E-state index in [2.05, 4.69) is 19.6 Å². The molecule has 4 nitrogen and oxygen atoms in total. The number of rotatable bonds is 3. The highest BCUT2D eigenvalue weighted by molar-refractivity contribution is 6.69. The van der Waals surface area contributed by atoms with Crippen molar-refractivity contribution in [3.05, 3.63) is 41.1 Å². The van der Waals surface area contributed by atoms with Crippen LogP contribution in [-0.2, 0) is 9.26 Å². The minimum atomic E-state index is -1.78. The molecule has 19 heavy (non-hydrogen) atoms. The summed E-state index contributed by atoms with van der Waals surface area (Å²) in [6.45, 7) is 8.12. The summed E-state index contributed by atoms with van der Waals surface area (Å²) in [5.41, 5.74) is 1.11. The molecule has 1 aromatic carbocycles. The number of hydrogen-bond donors (Lipinski definition) is 0. The van der Waals surface area contributed by atoms with Crippen LogP contribution in [0.15, 0.2) is 30.3 Å². The molecule has 0 fully saturated rings. The van der Waals surface area contributed by atoms with Crippen LogP contribution in [0.3, 0.4) is 0 Å². The Kier molecular flexibility index (Phi) is 3.69. The van der Waals surface area contributed by atoms with E-state index in [0.717, 1.165) is 5.56 Å². The SMILES string of the molecule is CC1(O[Si](C)(C)C)CC(c2ccccc2)C=[N+]([O-])O1. The molecule has 104 valence electrons. The predicted octanol–water partition coefficient (Wildman–Crippen LogP) is 3.25. The van der Waals surface area contributed by atoms with Gasteiger partial charge >= 0.3 is 0 Å². The lowest BCUT2D eigenvalue weighted by molar-refractivity contribution is -0.781. The van der Waals surface area contributed by atoms with Gasteiger partial charge in [0.2, 0.25) is 6.21 Å². The van der Waals surface area contributed by atoms with Crippen molar-refractivity contribution >= 4 is 14.5 Å². The first-order valence-electron chi connectivity index (χ1n) is 6.53. The summed E-state index contributed by atoms with van der Waals surface area (Å²) >= 11 is 0. The van der Waals surface area contributed by atoms with E-state index in [9.17, 15) is 5.21 Å². The molecule has 1 aromatic rings. The molecule has 0 amide bonds. The third kappa shape index (κ3) is 3.81. The molecule has 1 aliphatic heterocycles.